The summed E-state index contributed by atoms with van der Waals surface area (Å²) in [5, 5.41) is 3.42. The van der Waals surface area contributed by atoms with Crippen LogP contribution in [0.5, 0.6) is 0 Å². The van der Waals surface area contributed by atoms with E-state index in [0.29, 0.717) is 0 Å². The van der Waals surface area contributed by atoms with Gasteiger partial charge in [-0.3, -0.25) is 0 Å². The van der Waals surface area contributed by atoms with Crippen LogP contribution in [-0.4, -0.2) is 35.0 Å². The van der Waals surface area contributed by atoms with Crippen molar-refractivity contribution in [1.29, 1.82) is 0 Å². The lowest BCUT2D eigenvalue weighted by Crippen LogP contribution is -2.23. The van der Waals surface area contributed by atoms with Crippen LogP contribution in [0.15, 0.2) is 6.20 Å². The smallest absolute Gasteiger partial charge is 0.118 e. The van der Waals surface area contributed by atoms with Crippen LogP contribution >= 0.6 is 11.8 Å². The number of fused-ring (bicyclic) bond motifs is 1. The number of thioether (sulfide) groups is 1. The van der Waals surface area contributed by atoms with Crippen molar-refractivity contribution in [3.8, 4) is 0 Å². The molecule has 0 aliphatic carbocycles. The highest BCUT2D eigenvalue weighted by molar-refractivity contribution is 7.98. The number of nitrogens with zero attached hydrogens (tertiary/aromatic N) is 2. The summed E-state index contributed by atoms with van der Waals surface area (Å²) >= 11 is 1.96. The first-order valence-electron chi connectivity index (χ1n) is 5.89. The van der Waals surface area contributed by atoms with Gasteiger partial charge in [-0.15, -0.1) is 0 Å². The summed E-state index contributed by atoms with van der Waals surface area (Å²) in [5.74, 6) is 3.44. The van der Waals surface area contributed by atoms with Crippen molar-refractivity contribution >= 4 is 11.8 Å². The van der Waals surface area contributed by atoms with E-state index >= 15 is 0 Å². The highest BCUT2D eigenvalue weighted by Crippen LogP contribution is 2.25. The minimum Gasteiger partial charge on any atom is -0.371 e. The molecule has 2 aliphatic heterocycles. The second-order valence-electron chi connectivity index (χ2n) is 4.22. The number of nitrogens with one attached hydrogen (secondary N) is 1. The summed E-state index contributed by atoms with van der Waals surface area (Å²) in [6, 6.07) is 0. The third-order valence-corrected chi connectivity index (χ3v) is 4.07. The van der Waals surface area contributed by atoms with Gasteiger partial charge in [0, 0.05) is 25.4 Å². The van der Waals surface area contributed by atoms with Crippen molar-refractivity contribution in [2.24, 2.45) is 0 Å². The molecule has 1 fully saturated rings. The maximum atomic E-state index is 5.88. The van der Waals surface area contributed by atoms with Gasteiger partial charge in [-0.2, -0.15) is 11.8 Å². The van der Waals surface area contributed by atoms with Crippen LogP contribution in [0.4, 0.5) is 0 Å². The topological polar surface area (TPSA) is 39.1 Å². The monoisotopic (exact) mass is 239 g/mol. The zero-order valence-electron chi connectivity index (χ0n) is 9.32. The number of imidazole rings is 1. The average Bonchev–Trinajstić information content (AvgIpc) is 2.57. The summed E-state index contributed by atoms with van der Waals surface area (Å²) < 4.78 is 8.22. The average molecular weight is 239 g/mol. The molecule has 1 N–H and O–H groups in total. The SMILES string of the molecule is c1nc2n(c1C1CNCCCO1)CCSC2. The van der Waals surface area contributed by atoms with Crippen LogP contribution < -0.4 is 5.32 Å². The summed E-state index contributed by atoms with van der Waals surface area (Å²) in [5.41, 5.74) is 1.25. The first kappa shape index (κ1) is 10.6. The van der Waals surface area contributed by atoms with E-state index in [1.165, 1.54) is 17.3 Å². The molecule has 0 bridgehead atoms. The Kier molecular flexibility index (Phi) is 3.17. The van der Waals surface area contributed by atoms with Crippen LogP contribution in [0.25, 0.3) is 0 Å². The van der Waals surface area contributed by atoms with Gasteiger partial charge in [0.05, 0.1) is 17.6 Å². The van der Waals surface area contributed by atoms with E-state index < -0.39 is 0 Å². The first-order valence-corrected chi connectivity index (χ1v) is 7.05. The predicted molar refractivity (Wildman–Crippen MR) is 64.6 cm³/mol. The predicted octanol–water partition coefficient (Wildman–Crippen LogP) is 1.18. The molecule has 0 spiro atoms. The maximum absolute atomic E-state index is 5.88. The molecule has 0 aromatic carbocycles. The summed E-state index contributed by atoms with van der Waals surface area (Å²) in [7, 11) is 0. The lowest BCUT2D eigenvalue weighted by atomic mass is 10.2. The van der Waals surface area contributed by atoms with Crippen molar-refractivity contribution in [3.63, 3.8) is 0 Å². The van der Waals surface area contributed by atoms with Gasteiger partial charge in [-0.05, 0) is 13.0 Å². The molecule has 0 amide bonds. The van der Waals surface area contributed by atoms with Gasteiger partial charge in [0.15, 0.2) is 0 Å². The molecule has 1 aromatic rings. The van der Waals surface area contributed by atoms with Gasteiger partial charge in [0.1, 0.15) is 11.9 Å². The standard InChI is InChI=1S/C11H17N3OS/c1-2-12-7-10(15-4-1)9-6-13-11-8-16-5-3-14(9)11/h6,10,12H,1-5,7-8H2. The summed E-state index contributed by atoms with van der Waals surface area (Å²) in [6.45, 7) is 3.91. The first-order chi connectivity index (χ1) is 7.95. The van der Waals surface area contributed by atoms with Crippen LogP contribution in [0.1, 0.15) is 24.0 Å². The number of aromatic nitrogens is 2. The molecule has 5 heteroatoms. The molecular formula is C11H17N3OS. The van der Waals surface area contributed by atoms with E-state index in [2.05, 4.69) is 14.9 Å². The Balaban J connectivity index is 1.84. The number of hydrogen-bond acceptors (Lipinski definition) is 4. The van der Waals surface area contributed by atoms with Crippen LogP contribution in [0.3, 0.4) is 0 Å². The van der Waals surface area contributed by atoms with Gasteiger partial charge in [0.25, 0.3) is 0 Å². The van der Waals surface area contributed by atoms with Gasteiger partial charge >= 0.3 is 0 Å². The second kappa shape index (κ2) is 4.77. The Morgan fingerprint density at radius 1 is 1.56 bits per heavy atom. The molecule has 1 aromatic heterocycles. The molecule has 88 valence electrons. The molecule has 0 radical (unpaired) electrons. The number of ether oxygens (including phenoxy) is 1. The molecule has 16 heavy (non-hydrogen) atoms. The lowest BCUT2D eigenvalue weighted by molar-refractivity contribution is 0.0613. The number of hydrogen-bond donors (Lipinski definition) is 1. The van der Waals surface area contributed by atoms with Crippen molar-refractivity contribution in [2.45, 2.75) is 24.8 Å². The quantitative estimate of drug-likeness (QED) is 0.799. The Morgan fingerprint density at radius 2 is 2.56 bits per heavy atom. The molecule has 3 heterocycles. The van der Waals surface area contributed by atoms with Crippen molar-refractivity contribution in [1.82, 2.24) is 14.9 Å². The fourth-order valence-electron chi connectivity index (χ4n) is 2.28. The summed E-state index contributed by atoms with van der Waals surface area (Å²) in [4.78, 5) is 4.50. The van der Waals surface area contributed by atoms with Gasteiger partial charge < -0.3 is 14.6 Å². The minimum atomic E-state index is 0.187. The molecule has 2 aliphatic rings. The maximum Gasteiger partial charge on any atom is 0.118 e. The molecule has 0 saturated carbocycles. The van der Waals surface area contributed by atoms with Crippen LogP contribution in [0, 0.1) is 0 Å². The van der Waals surface area contributed by atoms with Crippen molar-refractivity contribution < 1.29 is 4.74 Å². The van der Waals surface area contributed by atoms with Crippen molar-refractivity contribution in [3.05, 3.63) is 17.7 Å². The molecule has 1 unspecified atom stereocenters. The highest BCUT2D eigenvalue weighted by Gasteiger charge is 2.22. The Bertz CT molecular complexity index is 358. The zero-order chi connectivity index (χ0) is 10.8. The Labute approximate surface area is 99.8 Å². The largest absolute Gasteiger partial charge is 0.371 e. The normalized spacial score (nSPS) is 26.1. The highest BCUT2D eigenvalue weighted by atomic mass is 32.2. The molecule has 1 atom stereocenters. The van der Waals surface area contributed by atoms with E-state index in [-0.39, 0.29) is 6.10 Å². The van der Waals surface area contributed by atoms with E-state index in [4.69, 9.17) is 4.74 Å². The Morgan fingerprint density at radius 3 is 3.56 bits per heavy atom. The fourth-order valence-corrected chi connectivity index (χ4v) is 3.15. The van der Waals surface area contributed by atoms with Crippen LogP contribution in [0.2, 0.25) is 0 Å². The van der Waals surface area contributed by atoms with Gasteiger partial charge in [0.2, 0.25) is 0 Å². The van der Waals surface area contributed by atoms with E-state index in [9.17, 15) is 0 Å². The molecular weight excluding hydrogens is 222 g/mol. The van der Waals surface area contributed by atoms with E-state index in [1.807, 2.05) is 18.0 Å². The Hall–Kier alpha value is -0.520. The minimum absolute atomic E-state index is 0.187. The zero-order valence-corrected chi connectivity index (χ0v) is 10.1. The molecule has 3 rings (SSSR count). The number of rotatable bonds is 1. The molecule has 1 saturated heterocycles. The van der Waals surface area contributed by atoms with Crippen LogP contribution in [-0.2, 0) is 17.0 Å². The molecule has 4 nitrogen and oxygen atoms in total. The van der Waals surface area contributed by atoms with Crippen molar-refractivity contribution in [2.75, 3.05) is 25.4 Å². The van der Waals surface area contributed by atoms with E-state index in [1.54, 1.807) is 0 Å². The van der Waals surface area contributed by atoms with Gasteiger partial charge in [-0.25, -0.2) is 4.98 Å². The third-order valence-electron chi connectivity index (χ3n) is 3.14. The second-order valence-corrected chi connectivity index (χ2v) is 5.33. The third kappa shape index (κ3) is 1.99. The van der Waals surface area contributed by atoms with Gasteiger partial charge in [-0.1, -0.05) is 0 Å². The summed E-state index contributed by atoms with van der Waals surface area (Å²) in [6.07, 6.45) is 3.29. The van der Waals surface area contributed by atoms with E-state index in [0.717, 1.165) is 38.4 Å². The lowest BCUT2D eigenvalue weighted by Gasteiger charge is -2.21. The fraction of sp³-hybridized carbons (Fsp3) is 0.727.